The summed E-state index contributed by atoms with van der Waals surface area (Å²) >= 11 is 0. The number of nitrogens with one attached hydrogen (secondary N) is 1. The second-order valence-electron chi connectivity index (χ2n) is 7.29. The molecule has 2 fully saturated rings. The maximum atomic E-state index is 14.2. The van der Waals surface area contributed by atoms with Gasteiger partial charge in [0.2, 0.25) is 5.91 Å². The second-order valence-corrected chi connectivity index (χ2v) is 7.29. The van der Waals surface area contributed by atoms with Gasteiger partial charge in [-0.25, -0.2) is 8.78 Å². The zero-order valence-corrected chi connectivity index (χ0v) is 14.4. The fourth-order valence-electron chi connectivity index (χ4n) is 2.99. The van der Waals surface area contributed by atoms with Gasteiger partial charge in [0, 0.05) is 31.5 Å². The number of piperidine rings is 1. The lowest BCUT2D eigenvalue weighted by molar-refractivity contribution is -0.149. The van der Waals surface area contributed by atoms with Gasteiger partial charge in [0.05, 0.1) is 11.6 Å². The molecule has 8 heteroatoms. The summed E-state index contributed by atoms with van der Waals surface area (Å²) in [5.41, 5.74) is 0.374. The van der Waals surface area contributed by atoms with E-state index in [1.807, 2.05) is 6.92 Å². The van der Waals surface area contributed by atoms with E-state index in [0.717, 1.165) is 12.8 Å². The van der Waals surface area contributed by atoms with Crippen LogP contribution in [0.5, 0.6) is 0 Å². The van der Waals surface area contributed by atoms with Crippen LogP contribution in [-0.2, 0) is 4.79 Å². The molecule has 0 bridgehead atoms. The summed E-state index contributed by atoms with van der Waals surface area (Å²) in [6.07, 6.45) is 1.25. The number of alkyl halides is 2. The lowest BCUT2D eigenvalue weighted by Gasteiger charge is -2.39. The number of carbonyl (C=O) groups is 2. The monoisotopic (exact) mass is 352 g/mol. The molecule has 136 valence electrons. The van der Waals surface area contributed by atoms with Crippen LogP contribution in [0.2, 0.25) is 0 Å². The zero-order valence-electron chi connectivity index (χ0n) is 14.4. The number of aryl methyl sites for hydroxylation is 1. The van der Waals surface area contributed by atoms with Crippen molar-refractivity contribution in [2.24, 2.45) is 11.3 Å². The number of halogens is 2. The summed E-state index contributed by atoms with van der Waals surface area (Å²) in [5, 5.41) is 10.0. The fraction of sp³-hybridized carbons (Fsp3) is 0.647. The largest absolute Gasteiger partial charge is 0.350 e. The predicted molar refractivity (Wildman–Crippen MR) is 86.1 cm³/mol. The van der Waals surface area contributed by atoms with Crippen LogP contribution in [0.4, 0.5) is 8.78 Å². The number of amides is 2. The molecule has 1 N–H and O–H groups in total. The molecule has 1 saturated carbocycles. The van der Waals surface area contributed by atoms with Crippen molar-refractivity contribution in [1.82, 2.24) is 20.4 Å². The van der Waals surface area contributed by atoms with Crippen molar-refractivity contribution < 1.29 is 18.4 Å². The van der Waals surface area contributed by atoms with Gasteiger partial charge in [-0.05, 0) is 31.9 Å². The summed E-state index contributed by atoms with van der Waals surface area (Å²) in [5.74, 6) is -4.60. The molecule has 2 amide bonds. The fourth-order valence-corrected chi connectivity index (χ4v) is 2.99. The van der Waals surface area contributed by atoms with Crippen molar-refractivity contribution in [2.45, 2.75) is 39.0 Å². The minimum absolute atomic E-state index is 0.0404. The molecule has 25 heavy (non-hydrogen) atoms. The Morgan fingerprint density at radius 3 is 2.60 bits per heavy atom. The summed E-state index contributed by atoms with van der Waals surface area (Å²) in [6.45, 7) is 3.43. The SMILES string of the molecule is Cc1ccc(C(=O)NCC2CN(C(=O)C3(C)CC3)CCC2(F)F)nn1. The van der Waals surface area contributed by atoms with E-state index in [0.29, 0.717) is 5.69 Å². The molecule has 6 nitrogen and oxygen atoms in total. The maximum Gasteiger partial charge on any atom is 0.271 e. The van der Waals surface area contributed by atoms with Crippen molar-refractivity contribution in [3.05, 3.63) is 23.5 Å². The molecule has 0 aromatic carbocycles. The number of aromatic nitrogens is 2. The van der Waals surface area contributed by atoms with Crippen LogP contribution < -0.4 is 5.32 Å². The lowest BCUT2D eigenvalue weighted by atomic mass is 9.92. The van der Waals surface area contributed by atoms with Gasteiger partial charge < -0.3 is 10.2 Å². The van der Waals surface area contributed by atoms with Crippen LogP contribution in [0, 0.1) is 18.3 Å². The van der Waals surface area contributed by atoms with E-state index in [1.165, 1.54) is 11.0 Å². The molecule has 2 heterocycles. The first-order valence-electron chi connectivity index (χ1n) is 8.47. The Morgan fingerprint density at radius 1 is 1.28 bits per heavy atom. The molecule has 2 aliphatic rings. The molecule has 0 spiro atoms. The average Bonchev–Trinajstić information content (AvgIpc) is 3.32. The summed E-state index contributed by atoms with van der Waals surface area (Å²) in [4.78, 5) is 26.0. The smallest absolute Gasteiger partial charge is 0.271 e. The summed E-state index contributed by atoms with van der Waals surface area (Å²) in [7, 11) is 0. The standard InChI is InChI=1S/C17H22F2N4O2/c1-11-3-4-13(22-21-11)14(24)20-9-12-10-23(8-7-17(12,18)19)15(25)16(2)5-6-16/h3-4,12H,5-10H2,1-2H3,(H,20,24). The van der Waals surface area contributed by atoms with Gasteiger partial charge >= 0.3 is 0 Å². The first-order valence-corrected chi connectivity index (χ1v) is 8.47. The molecule has 1 atom stereocenters. The maximum absolute atomic E-state index is 14.2. The van der Waals surface area contributed by atoms with Crippen LogP contribution in [-0.4, -0.2) is 52.5 Å². The highest BCUT2D eigenvalue weighted by molar-refractivity contribution is 5.92. The Morgan fingerprint density at radius 2 is 2.00 bits per heavy atom. The number of hydrogen-bond acceptors (Lipinski definition) is 4. The lowest BCUT2D eigenvalue weighted by Crippen LogP contribution is -2.54. The molecule has 1 saturated heterocycles. The van der Waals surface area contributed by atoms with Gasteiger partial charge in [-0.2, -0.15) is 5.10 Å². The first-order chi connectivity index (χ1) is 11.7. The van der Waals surface area contributed by atoms with Crippen LogP contribution in [0.1, 0.15) is 42.4 Å². The van der Waals surface area contributed by atoms with E-state index >= 15 is 0 Å². The molecule has 1 aromatic rings. The topological polar surface area (TPSA) is 75.2 Å². The Kier molecular flexibility index (Phi) is 4.47. The van der Waals surface area contributed by atoms with Gasteiger partial charge in [0.25, 0.3) is 11.8 Å². The van der Waals surface area contributed by atoms with Gasteiger partial charge in [0.15, 0.2) is 5.69 Å². The van der Waals surface area contributed by atoms with E-state index in [2.05, 4.69) is 15.5 Å². The molecule has 1 aromatic heterocycles. The number of likely N-dealkylation sites (tertiary alicyclic amines) is 1. The van der Waals surface area contributed by atoms with Crippen LogP contribution >= 0.6 is 0 Å². The molecular weight excluding hydrogens is 330 g/mol. The first kappa shape index (κ1) is 17.7. The third-order valence-electron chi connectivity index (χ3n) is 5.10. The molecule has 0 radical (unpaired) electrons. The molecular formula is C17H22F2N4O2. The highest BCUT2D eigenvalue weighted by atomic mass is 19.3. The third kappa shape index (κ3) is 3.77. The van der Waals surface area contributed by atoms with Gasteiger partial charge in [-0.1, -0.05) is 6.92 Å². The van der Waals surface area contributed by atoms with Crippen LogP contribution in [0.3, 0.4) is 0 Å². The quantitative estimate of drug-likeness (QED) is 0.897. The number of rotatable bonds is 4. The number of nitrogens with zero attached hydrogens (tertiary/aromatic N) is 3. The van der Waals surface area contributed by atoms with Crippen molar-refractivity contribution in [1.29, 1.82) is 0 Å². The minimum atomic E-state index is -2.91. The number of hydrogen-bond donors (Lipinski definition) is 1. The Bertz CT molecular complexity index is 674. The zero-order chi connectivity index (χ0) is 18.2. The van der Waals surface area contributed by atoms with E-state index in [9.17, 15) is 18.4 Å². The Labute approximate surface area is 145 Å². The highest BCUT2D eigenvalue weighted by Gasteiger charge is 2.51. The van der Waals surface area contributed by atoms with Crippen molar-refractivity contribution >= 4 is 11.8 Å². The molecule has 1 aliphatic heterocycles. The van der Waals surface area contributed by atoms with E-state index in [1.54, 1.807) is 13.0 Å². The van der Waals surface area contributed by atoms with Crippen LogP contribution in [0.15, 0.2) is 12.1 Å². The van der Waals surface area contributed by atoms with Crippen molar-refractivity contribution in [2.75, 3.05) is 19.6 Å². The van der Waals surface area contributed by atoms with Crippen molar-refractivity contribution in [3.63, 3.8) is 0 Å². The Hall–Kier alpha value is -2.12. The van der Waals surface area contributed by atoms with E-state index in [4.69, 9.17) is 0 Å². The van der Waals surface area contributed by atoms with Crippen molar-refractivity contribution in [3.8, 4) is 0 Å². The second kappa shape index (κ2) is 6.31. The van der Waals surface area contributed by atoms with Gasteiger partial charge in [-0.3, -0.25) is 9.59 Å². The normalized spacial score (nSPS) is 23.8. The van der Waals surface area contributed by atoms with Crippen LogP contribution in [0.25, 0.3) is 0 Å². The third-order valence-corrected chi connectivity index (χ3v) is 5.10. The molecule has 1 aliphatic carbocycles. The van der Waals surface area contributed by atoms with Gasteiger partial charge in [0.1, 0.15) is 0 Å². The number of carbonyl (C=O) groups excluding carboxylic acids is 2. The molecule has 3 rings (SSSR count). The highest BCUT2D eigenvalue weighted by Crippen LogP contribution is 2.47. The van der Waals surface area contributed by atoms with Gasteiger partial charge in [-0.15, -0.1) is 5.10 Å². The van der Waals surface area contributed by atoms with E-state index < -0.39 is 17.7 Å². The average molecular weight is 352 g/mol. The van der Waals surface area contributed by atoms with E-state index in [-0.39, 0.29) is 43.1 Å². The Balaban J connectivity index is 1.61. The minimum Gasteiger partial charge on any atom is -0.350 e. The molecule has 1 unspecified atom stereocenters. The predicted octanol–water partition coefficient (Wildman–Crippen LogP) is 1.80. The summed E-state index contributed by atoms with van der Waals surface area (Å²) in [6, 6.07) is 3.13. The summed E-state index contributed by atoms with van der Waals surface area (Å²) < 4.78 is 28.4.